The molecule has 0 heterocycles. The minimum atomic E-state index is -0.883. The molecule has 0 saturated carbocycles. The lowest BCUT2D eigenvalue weighted by Crippen LogP contribution is -2.14. The second-order valence-electron chi connectivity index (χ2n) is 4.94. The first-order valence-corrected chi connectivity index (χ1v) is 7.40. The highest BCUT2D eigenvalue weighted by molar-refractivity contribution is 6.31. The van der Waals surface area contributed by atoms with Crippen LogP contribution in [-0.4, -0.2) is 18.8 Å². The molecule has 0 atom stereocenters. The number of halogens is 3. The predicted octanol–water partition coefficient (Wildman–Crippen LogP) is 4.23. The number of ether oxygens (including phenoxy) is 1. The highest BCUT2D eigenvalue weighted by atomic mass is 35.5. The molecular weight excluding hydrogens is 340 g/mol. The van der Waals surface area contributed by atoms with Crippen LogP contribution in [0.4, 0.5) is 14.5 Å². The monoisotopic (exact) mass is 353 g/mol. The molecule has 0 spiro atoms. The number of benzene rings is 2. The average Bonchev–Trinajstić information content (AvgIpc) is 2.55. The smallest absolute Gasteiger partial charge is 0.224 e. The standard InChI is InChI=1S/C17H14ClF2NO3/c1-24-16-6-2-10(18)8-12(16)15(22)5-7-17(23)21-14-4-3-11(19)9-13(14)20/h2-4,6,8-9H,5,7H2,1H3,(H,21,23). The number of rotatable bonds is 6. The molecule has 2 aromatic carbocycles. The van der Waals surface area contributed by atoms with E-state index in [0.29, 0.717) is 16.8 Å². The Morgan fingerprint density at radius 3 is 2.54 bits per heavy atom. The molecule has 0 aliphatic heterocycles. The zero-order valence-electron chi connectivity index (χ0n) is 12.7. The van der Waals surface area contributed by atoms with Crippen molar-refractivity contribution < 1.29 is 23.1 Å². The van der Waals surface area contributed by atoms with Gasteiger partial charge in [0.25, 0.3) is 0 Å². The molecule has 1 N–H and O–H groups in total. The molecule has 0 saturated heterocycles. The van der Waals surface area contributed by atoms with Gasteiger partial charge in [0.1, 0.15) is 17.4 Å². The van der Waals surface area contributed by atoms with Crippen LogP contribution in [0.1, 0.15) is 23.2 Å². The SMILES string of the molecule is COc1ccc(Cl)cc1C(=O)CCC(=O)Nc1ccc(F)cc1F. The quantitative estimate of drug-likeness (QED) is 0.791. The van der Waals surface area contributed by atoms with Crippen LogP contribution in [-0.2, 0) is 4.79 Å². The van der Waals surface area contributed by atoms with E-state index in [4.69, 9.17) is 16.3 Å². The molecule has 0 bridgehead atoms. The van der Waals surface area contributed by atoms with Crippen LogP contribution in [0, 0.1) is 11.6 Å². The molecule has 126 valence electrons. The van der Waals surface area contributed by atoms with E-state index in [9.17, 15) is 18.4 Å². The molecule has 24 heavy (non-hydrogen) atoms. The van der Waals surface area contributed by atoms with Crippen molar-refractivity contribution in [2.24, 2.45) is 0 Å². The summed E-state index contributed by atoms with van der Waals surface area (Å²) in [6.07, 6.45) is -0.267. The molecule has 0 unspecified atom stereocenters. The highest BCUT2D eigenvalue weighted by Gasteiger charge is 2.15. The van der Waals surface area contributed by atoms with Crippen LogP contribution in [0.2, 0.25) is 5.02 Å². The summed E-state index contributed by atoms with van der Waals surface area (Å²) in [6, 6.07) is 7.41. The van der Waals surface area contributed by atoms with Gasteiger partial charge in [-0.1, -0.05) is 11.6 Å². The van der Waals surface area contributed by atoms with E-state index in [1.807, 2.05) is 0 Å². The maximum atomic E-state index is 13.5. The normalized spacial score (nSPS) is 10.3. The first kappa shape index (κ1) is 17.9. The van der Waals surface area contributed by atoms with Gasteiger partial charge in [-0.2, -0.15) is 0 Å². The van der Waals surface area contributed by atoms with Crippen molar-refractivity contribution in [3.05, 3.63) is 58.6 Å². The van der Waals surface area contributed by atoms with Crippen LogP contribution in [0.5, 0.6) is 5.75 Å². The Hall–Kier alpha value is -2.47. The summed E-state index contributed by atoms with van der Waals surface area (Å²) in [7, 11) is 1.42. The lowest BCUT2D eigenvalue weighted by Gasteiger charge is -2.09. The lowest BCUT2D eigenvalue weighted by molar-refractivity contribution is -0.116. The third-order valence-corrected chi connectivity index (χ3v) is 3.48. The van der Waals surface area contributed by atoms with E-state index in [2.05, 4.69) is 5.32 Å². The van der Waals surface area contributed by atoms with Gasteiger partial charge in [0.15, 0.2) is 5.78 Å². The van der Waals surface area contributed by atoms with E-state index in [1.54, 1.807) is 12.1 Å². The molecule has 0 fully saturated rings. The van der Waals surface area contributed by atoms with E-state index in [0.717, 1.165) is 12.1 Å². The number of carbonyl (C=O) groups is 2. The van der Waals surface area contributed by atoms with Gasteiger partial charge in [-0.15, -0.1) is 0 Å². The Morgan fingerprint density at radius 2 is 1.88 bits per heavy atom. The molecule has 2 aromatic rings. The van der Waals surface area contributed by atoms with Gasteiger partial charge in [0, 0.05) is 23.9 Å². The topological polar surface area (TPSA) is 55.4 Å². The van der Waals surface area contributed by atoms with Crippen molar-refractivity contribution in [3.63, 3.8) is 0 Å². The van der Waals surface area contributed by atoms with Crippen LogP contribution in [0.3, 0.4) is 0 Å². The largest absolute Gasteiger partial charge is 0.496 e. The Balaban J connectivity index is 1.99. The number of anilines is 1. The molecule has 0 aliphatic rings. The number of hydrogen-bond acceptors (Lipinski definition) is 3. The summed E-state index contributed by atoms with van der Waals surface area (Å²) in [5, 5.41) is 2.67. The third-order valence-electron chi connectivity index (χ3n) is 3.25. The van der Waals surface area contributed by atoms with Crippen LogP contribution >= 0.6 is 11.6 Å². The number of methoxy groups -OCH3 is 1. The Bertz CT molecular complexity index is 780. The fourth-order valence-corrected chi connectivity index (χ4v) is 2.24. The number of hydrogen-bond donors (Lipinski definition) is 1. The Kier molecular flexibility index (Phi) is 5.87. The van der Waals surface area contributed by atoms with Crippen molar-refractivity contribution in [2.75, 3.05) is 12.4 Å². The molecule has 4 nitrogen and oxygen atoms in total. The maximum Gasteiger partial charge on any atom is 0.224 e. The second kappa shape index (κ2) is 7.88. The lowest BCUT2D eigenvalue weighted by atomic mass is 10.1. The molecule has 2 rings (SSSR count). The molecule has 0 radical (unpaired) electrons. The zero-order chi connectivity index (χ0) is 17.7. The van der Waals surface area contributed by atoms with Crippen LogP contribution in [0.25, 0.3) is 0 Å². The van der Waals surface area contributed by atoms with Crippen molar-refractivity contribution in [1.29, 1.82) is 0 Å². The van der Waals surface area contributed by atoms with Gasteiger partial charge in [-0.25, -0.2) is 8.78 Å². The molecule has 1 amide bonds. The summed E-state index contributed by atoms with van der Waals surface area (Å²) >= 11 is 5.86. The molecular formula is C17H14ClF2NO3. The highest BCUT2D eigenvalue weighted by Crippen LogP contribution is 2.24. The van der Waals surface area contributed by atoms with Crippen molar-refractivity contribution in [2.45, 2.75) is 12.8 Å². The number of amides is 1. The van der Waals surface area contributed by atoms with Crippen molar-refractivity contribution >= 4 is 29.0 Å². The van der Waals surface area contributed by atoms with Gasteiger partial charge in [-0.05, 0) is 30.3 Å². The van der Waals surface area contributed by atoms with E-state index < -0.39 is 17.5 Å². The fourth-order valence-electron chi connectivity index (χ4n) is 2.06. The van der Waals surface area contributed by atoms with Gasteiger partial charge in [-0.3, -0.25) is 9.59 Å². The average molecular weight is 354 g/mol. The number of nitrogens with one attached hydrogen (secondary N) is 1. The summed E-state index contributed by atoms with van der Waals surface area (Å²) in [4.78, 5) is 24.0. The fraction of sp³-hybridized carbons (Fsp3) is 0.176. The summed E-state index contributed by atoms with van der Waals surface area (Å²) in [6.45, 7) is 0. The van der Waals surface area contributed by atoms with Crippen LogP contribution < -0.4 is 10.1 Å². The van der Waals surface area contributed by atoms with Crippen LogP contribution in [0.15, 0.2) is 36.4 Å². The first-order valence-electron chi connectivity index (χ1n) is 7.02. The number of carbonyl (C=O) groups excluding carboxylic acids is 2. The van der Waals surface area contributed by atoms with Gasteiger partial charge in [0.2, 0.25) is 5.91 Å². The number of ketones is 1. The predicted molar refractivity (Wildman–Crippen MR) is 86.6 cm³/mol. The molecule has 7 heteroatoms. The number of Topliss-reactive ketones (excluding diaryl/α,β-unsaturated/α-hetero) is 1. The third kappa shape index (κ3) is 4.52. The van der Waals surface area contributed by atoms with Gasteiger partial charge in [0.05, 0.1) is 18.4 Å². The first-order chi connectivity index (χ1) is 11.4. The Labute approximate surface area is 142 Å². The van der Waals surface area contributed by atoms with E-state index in [-0.39, 0.29) is 29.9 Å². The van der Waals surface area contributed by atoms with E-state index in [1.165, 1.54) is 13.2 Å². The second-order valence-corrected chi connectivity index (χ2v) is 5.38. The minimum Gasteiger partial charge on any atom is -0.496 e. The van der Waals surface area contributed by atoms with Crippen molar-refractivity contribution in [1.82, 2.24) is 0 Å². The van der Waals surface area contributed by atoms with Gasteiger partial charge >= 0.3 is 0 Å². The van der Waals surface area contributed by atoms with Crippen molar-refractivity contribution in [3.8, 4) is 5.75 Å². The van der Waals surface area contributed by atoms with E-state index >= 15 is 0 Å². The zero-order valence-corrected chi connectivity index (χ0v) is 13.5. The molecule has 0 aliphatic carbocycles. The van der Waals surface area contributed by atoms with Gasteiger partial charge < -0.3 is 10.1 Å². The summed E-state index contributed by atoms with van der Waals surface area (Å²) in [5.74, 6) is -2.16. The minimum absolute atomic E-state index is 0.106. The summed E-state index contributed by atoms with van der Waals surface area (Å²) < 4.78 is 31.4. The Morgan fingerprint density at radius 1 is 1.12 bits per heavy atom. The molecule has 0 aromatic heterocycles. The maximum absolute atomic E-state index is 13.5. The summed E-state index contributed by atoms with van der Waals surface area (Å²) in [5.41, 5.74) is 0.125.